The zero-order chi connectivity index (χ0) is 11.8. The monoisotopic (exact) mass is 229 g/mol. The van der Waals surface area contributed by atoms with E-state index in [4.69, 9.17) is 10.5 Å². The summed E-state index contributed by atoms with van der Waals surface area (Å²) in [6.45, 7) is 3.26. The van der Waals surface area contributed by atoms with Crippen molar-refractivity contribution >= 4 is 0 Å². The summed E-state index contributed by atoms with van der Waals surface area (Å²) in [7, 11) is 0. The number of hydrogen-bond donors (Lipinski definition) is 2. The van der Waals surface area contributed by atoms with E-state index in [1.165, 1.54) is 11.1 Å². The maximum Gasteiger partial charge on any atom is 0.122 e. The lowest BCUT2D eigenvalue weighted by atomic mass is 10.00. The summed E-state index contributed by atoms with van der Waals surface area (Å²) < 4.78 is 5.51. The Morgan fingerprint density at radius 1 is 1.47 bits per heavy atom. The molecule has 1 aliphatic heterocycles. The number of aromatic amines is 1. The van der Waals surface area contributed by atoms with Gasteiger partial charge in [-0.25, -0.2) is 0 Å². The second-order valence-corrected chi connectivity index (χ2v) is 4.30. The van der Waals surface area contributed by atoms with Crippen LogP contribution in [-0.4, -0.2) is 16.8 Å². The minimum absolute atomic E-state index is 0.452. The molecule has 2 heterocycles. The van der Waals surface area contributed by atoms with Gasteiger partial charge < -0.3 is 10.5 Å². The molecule has 0 unspecified atom stereocenters. The Labute approximate surface area is 99.8 Å². The second kappa shape index (κ2) is 3.89. The fourth-order valence-electron chi connectivity index (χ4n) is 2.35. The van der Waals surface area contributed by atoms with Crippen molar-refractivity contribution in [3.63, 3.8) is 0 Å². The Kier molecular flexibility index (Phi) is 2.37. The van der Waals surface area contributed by atoms with Gasteiger partial charge in [-0.3, -0.25) is 5.10 Å². The topological polar surface area (TPSA) is 63.9 Å². The van der Waals surface area contributed by atoms with Crippen molar-refractivity contribution in [1.82, 2.24) is 10.2 Å². The minimum atomic E-state index is 0.452. The fourth-order valence-corrected chi connectivity index (χ4v) is 2.35. The fraction of sp³-hybridized carbons (Fsp3) is 0.308. The molecular formula is C13H15N3O. The van der Waals surface area contributed by atoms with E-state index in [0.29, 0.717) is 6.54 Å². The molecule has 2 aromatic rings. The highest BCUT2D eigenvalue weighted by molar-refractivity contribution is 5.70. The molecule has 0 radical (unpaired) electrons. The van der Waals surface area contributed by atoms with E-state index in [9.17, 15) is 0 Å². The number of aromatic nitrogens is 2. The van der Waals surface area contributed by atoms with Crippen LogP contribution in [0.2, 0.25) is 0 Å². The molecule has 4 heteroatoms. The summed E-state index contributed by atoms with van der Waals surface area (Å²) in [6, 6.07) is 6.28. The Morgan fingerprint density at radius 3 is 3.18 bits per heavy atom. The first kappa shape index (κ1) is 10.4. The van der Waals surface area contributed by atoms with Gasteiger partial charge >= 0.3 is 0 Å². The third-order valence-electron chi connectivity index (χ3n) is 3.19. The summed E-state index contributed by atoms with van der Waals surface area (Å²) in [5, 5.41) is 7.22. The van der Waals surface area contributed by atoms with Crippen LogP contribution in [0.15, 0.2) is 18.2 Å². The number of nitrogens with one attached hydrogen (secondary N) is 1. The van der Waals surface area contributed by atoms with Crippen molar-refractivity contribution < 1.29 is 4.74 Å². The average Bonchev–Trinajstić information content (AvgIpc) is 2.93. The van der Waals surface area contributed by atoms with Crippen molar-refractivity contribution in [3.8, 4) is 16.9 Å². The zero-order valence-corrected chi connectivity index (χ0v) is 9.79. The summed E-state index contributed by atoms with van der Waals surface area (Å²) in [5.41, 5.74) is 11.2. The third kappa shape index (κ3) is 1.61. The summed E-state index contributed by atoms with van der Waals surface area (Å²) in [5.74, 6) is 1.00. The Morgan fingerprint density at radius 2 is 2.35 bits per heavy atom. The number of hydrogen-bond acceptors (Lipinski definition) is 3. The lowest BCUT2D eigenvalue weighted by molar-refractivity contribution is 0.357. The van der Waals surface area contributed by atoms with Crippen molar-refractivity contribution in [1.29, 1.82) is 0 Å². The number of aryl methyl sites for hydroxylation is 1. The second-order valence-electron chi connectivity index (χ2n) is 4.30. The maximum atomic E-state index is 5.71. The standard InChI is InChI=1S/C13H15N3O/c1-8-13(11(7-14)16-15-8)10-2-3-12-9(6-10)4-5-17-12/h2-3,6H,4-5,7,14H2,1H3,(H,15,16). The van der Waals surface area contributed by atoms with E-state index in [1.54, 1.807) is 0 Å². The molecule has 0 saturated carbocycles. The number of nitrogens with zero attached hydrogens (tertiary/aromatic N) is 1. The number of H-pyrrole nitrogens is 1. The van der Waals surface area contributed by atoms with E-state index < -0.39 is 0 Å². The molecule has 0 amide bonds. The van der Waals surface area contributed by atoms with Crippen LogP contribution in [-0.2, 0) is 13.0 Å². The lowest BCUT2D eigenvalue weighted by Crippen LogP contribution is -1.98. The van der Waals surface area contributed by atoms with Crippen LogP contribution in [0.25, 0.3) is 11.1 Å². The van der Waals surface area contributed by atoms with E-state index >= 15 is 0 Å². The molecule has 1 aliphatic rings. The summed E-state index contributed by atoms with van der Waals surface area (Å²) in [4.78, 5) is 0. The molecule has 0 fully saturated rings. The largest absolute Gasteiger partial charge is 0.493 e. The first-order chi connectivity index (χ1) is 8.29. The van der Waals surface area contributed by atoms with Crippen LogP contribution in [0.4, 0.5) is 0 Å². The van der Waals surface area contributed by atoms with Gasteiger partial charge in [-0.15, -0.1) is 0 Å². The molecule has 0 spiro atoms. The normalized spacial score (nSPS) is 13.5. The Hall–Kier alpha value is -1.81. The number of ether oxygens (including phenoxy) is 1. The average molecular weight is 229 g/mol. The van der Waals surface area contributed by atoms with Gasteiger partial charge in [0.1, 0.15) is 5.75 Å². The van der Waals surface area contributed by atoms with Gasteiger partial charge in [0, 0.05) is 24.2 Å². The molecule has 1 aromatic carbocycles. The van der Waals surface area contributed by atoms with Crippen molar-refractivity contribution in [3.05, 3.63) is 35.2 Å². The van der Waals surface area contributed by atoms with Crippen LogP contribution in [0.1, 0.15) is 17.0 Å². The minimum Gasteiger partial charge on any atom is -0.493 e. The van der Waals surface area contributed by atoms with Crippen LogP contribution >= 0.6 is 0 Å². The van der Waals surface area contributed by atoms with E-state index in [2.05, 4.69) is 22.3 Å². The predicted octanol–water partition coefficient (Wildman–Crippen LogP) is 1.78. The van der Waals surface area contributed by atoms with E-state index in [-0.39, 0.29) is 0 Å². The van der Waals surface area contributed by atoms with Gasteiger partial charge in [-0.2, -0.15) is 5.10 Å². The van der Waals surface area contributed by atoms with Gasteiger partial charge in [-0.05, 0) is 30.2 Å². The first-order valence-corrected chi connectivity index (χ1v) is 5.79. The maximum absolute atomic E-state index is 5.71. The lowest BCUT2D eigenvalue weighted by Gasteiger charge is -2.05. The molecule has 3 N–H and O–H groups in total. The van der Waals surface area contributed by atoms with Crippen molar-refractivity contribution in [2.75, 3.05) is 6.61 Å². The number of fused-ring (bicyclic) bond motifs is 1. The smallest absolute Gasteiger partial charge is 0.122 e. The van der Waals surface area contributed by atoms with Crippen molar-refractivity contribution in [2.24, 2.45) is 5.73 Å². The third-order valence-corrected chi connectivity index (χ3v) is 3.19. The van der Waals surface area contributed by atoms with Crippen molar-refractivity contribution in [2.45, 2.75) is 19.9 Å². The zero-order valence-electron chi connectivity index (χ0n) is 9.79. The van der Waals surface area contributed by atoms with Gasteiger partial charge in [-0.1, -0.05) is 6.07 Å². The SMILES string of the molecule is Cc1[nH]nc(CN)c1-c1ccc2c(c1)CCO2. The molecule has 3 rings (SSSR count). The molecule has 0 saturated heterocycles. The Balaban J connectivity index is 2.12. The number of benzene rings is 1. The highest BCUT2D eigenvalue weighted by Gasteiger charge is 2.16. The van der Waals surface area contributed by atoms with Gasteiger partial charge in [0.2, 0.25) is 0 Å². The molecular weight excluding hydrogens is 214 g/mol. The van der Waals surface area contributed by atoms with Gasteiger partial charge in [0.05, 0.1) is 12.3 Å². The van der Waals surface area contributed by atoms with E-state index in [1.807, 2.05) is 13.0 Å². The molecule has 17 heavy (non-hydrogen) atoms. The molecule has 4 nitrogen and oxygen atoms in total. The highest BCUT2D eigenvalue weighted by Crippen LogP contribution is 2.32. The summed E-state index contributed by atoms with van der Waals surface area (Å²) in [6.07, 6.45) is 0.984. The van der Waals surface area contributed by atoms with Gasteiger partial charge in [0.25, 0.3) is 0 Å². The number of rotatable bonds is 2. The molecule has 0 bridgehead atoms. The number of nitrogens with two attached hydrogens (primary N) is 1. The quantitative estimate of drug-likeness (QED) is 0.825. The van der Waals surface area contributed by atoms with E-state index in [0.717, 1.165) is 35.7 Å². The van der Waals surface area contributed by atoms with Gasteiger partial charge in [0.15, 0.2) is 0 Å². The summed E-state index contributed by atoms with van der Waals surface area (Å²) >= 11 is 0. The predicted molar refractivity (Wildman–Crippen MR) is 65.9 cm³/mol. The molecule has 0 aliphatic carbocycles. The molecule has 1 aromatic heterocycles. The van der Waals surface area contributed by atoms with Crippen LogP contribution < -0.4 is 10.5 Å². The molecule has 88 valence electrons. The first-order valence-electron chi connectivity index (χ1n) is 5.79. The van der Waals surface area contributed by atoms with Crippen LogP contribution in [0.3, 0.4) is 0 Å². The van der Waals surface area contributed by atoms with Crippen LogP contribution in [0, 0.1) is 6.92 Å². The van der Waals surface area contributed by atoms with Crippen LogP contribution in [0.5, 0.6) is 5.75 Å². The highest BCUT2D eigenvalue weighted by atomic mass is 16.5. The molecule has 0 atom stereocenters. The Bertz CT molecular complexity index is 560.